The Bertz CT molecular complexity index is 587. The highest BCUT2D eigenvalue weighted by atomic mass is 79.9. The number of hydrogen-bond donors (Lipinski definition) is 1. The van der Waals surface area contributed by atoms with Crippen molar-refractivity contribution in [2.75, 3.05) is 0 Å². The maximum atomic E-state index is 5.68. The first-order valence-electron chi connectivity index (χ1n) is 6.54. The lowest BCUT2D eigenvalue weighted by molar-refractivity contribution is 0.436. The quantitative estimate of drug-likeness (QED) is 0.901. The van der Waals surface area contributed by atoms with Crippen molar-refractivity contribution in [3.05, 3.63) is 46.2 Å². The third-order valence-corrected chi connectivity index (χ3v) is 3.45. The summed E-state index contributed by atoms with van der Waals surface area (Å²) in [6.45, 7) is 6.95. The van der Waals surface area contributed by atoms with Crippen LogP contribution in [-0.2, 0) is 6.54 Å². The minimum Gasteiger partial charge on any atom is -0.423 e. The van der Waals surface area contributed by atoms with Crippen LogP contribution in [0.15, 0.2) is 34.9 Å². The fourth-order valence-electron chi connectivity index (χ4n) is 1.63. The van der Waals surface area contributed by atoms with Gasteiger partial charge in [0, 0.05) is 30.0 Å². The Balaban J connectivity index is 2.11. The van der Waals surface area contributed by atoms with Crippen LogP contribution in [0, 0.1) is 6.92 Å². The molecule has 5 heteroatoms. The maximum Gasteiger partial charge on any atom is 0.322 e. The van der Waals surface area contributed by atoms with Crippen molar-refractivity contribution < 1.29 is 4.74 Å². The fraction of sp³-hybridized carbons (Fsp3) is 0.333. The largest absolute Gasteiger partial charge is 0.423 e. The predicted molar refractivity (Wildman–Crippen MR) is 83.0 cm³/mol. The lowest BCUT2D eigenvalue weighted by Gasteiger charge is -2.11. The SMILES string of the molecule is Cc1nc(Oc2ccccc2Br)ncc1CNC(C)C. The zero-order chi connectivity index (χ0) is 14.5. The van der Waals surface area contributed by atoms with Crippen LogP contribution >= 0.6 is 15.9 Å². The van der Waals surface area contributed by atoms with E-state index >= 15 is 0 Å². The van der Waals surface area contributed by atoms with E-state index in [2.05, 4.69) is 45.1 Å². The van der Waals surface area contributed by atoms with E-state index in [9.17, 15) is 0 Å². The van der Waals surface area contributed by atoms with Crippen molar-refractivity contribution in [2.45, 2.75) is 33.4 Å². The van der Waals surface area contributed by atoms with Gasteiger partial charge in [0.25, 0.3) is 0 Å². The molecule has 0 spiro atoms. The molecular formula is C15H18BrN3O. The van der Waals surface area contributed by atoms with Crippen molar-refractivity contribution in [3.8, 4) is 11.8 Å². The second kappa shape index (κ2) is 6.81. The van der Waals surface area contributed by atoms with Crippen molar-refractivity contribution in [2.24, 2.45) is 0 Å². The van der Waals surface area contributed by atoms with Crippen molar-refractivity contribution in [1.82, 2.24) is 15.3 Å². The monoisotopic (exact) mass is 335 g/mol. The van der Waals surface area contributed by atoms with Crippen molar-refractivity contribution >= 4 is 15.9 Å². The van der Waals surface area contributed by atoms with Crippen molar-refractivity contribution in [1.29, 1.82) is 0 Å². The fourth-order valence-corrected chi connectivity index (χ4v) is 2.00. The average molecular weight is 336 g/mol. The van der Waals surface area contributed by atoms with Crippen LogP contribution in [0.25, 0.3) is 0 Å². The first-order valence-corrected chi connectivity index (χ1v) is 7.34. The number of benzene rings is 1. The highest BCUT2D eigenvalue weighted by molar-refractivity contribution is 9.10. The van der Waals surface area contributed by atoms with Gasteiger partial charge >= 0.3 is 6.01 Å². The van der Waals surface area contributed by atoms with E-state index in [1.165, 1.54) is 0 Å². The van der Waals surface area contributed by atoms with Crippen LogP contribution in [0.2, 0.25) is 0 Å². The zero-order valence-corrected chi connectivity index (χ0v) is 13.4. The van der Waals surface area contributed by atoms with E-state index in [1.54, 1.807) is 0 Å². The van der Waals surface area contributed by atoms with Gasteiger partial charge in [-0.2, -0.15) is 4.98 Å². The summed E-state index contributed by atoms with van der Waals surface area (Å²) in [5.74, 6) is 0.708. The van der Waals surface area contributed by atoms with E-state index in [0.29, 0.717) is 17.8 Å². The molecule has 1 aromatic carbocycles. The topological polar surface area (TPSA) is 47.0 Å². The second-order valence-corrected chi connectivity index (χ2v) is 5.69. The summed E-state index contributed by atoms with van der Waals surface area (Å²) in [5.41, 5.74) is 2.01. The van der Waals surface area contributed by atoms with Gasteiger partial charge in [0.05, 0.1) is 4.47 Å². The molecule has 0 saturated heterocycles. The minimum atomic E-state index is 0.364. The molecule has 0 atom stereocenters. The molecule has 1 heterocycles. The van der Waals surface area contributed by atoms with Crippen molar-refractivity contribution in [3.63, 3.8) is 0 Å². The number of nitrogens with zero attached hydrogens (tertiary/aromatic N) is 2. The normalized spacial score (nSPS) is 10.8. The van der Waals surface area contributed by atoms with Crippen LogP contribution < -0.4 is 10.1 Å². The number of aromatic nitrogens is 2. The summed E-state index contributed by atoms with van der Waals surface area (Å²) >= 11 is 3.44. The molecule has 2 aromatic rings. The van der Waals surface area contributed by atoms with Gasteiger partial charge in [-0.15, -0.1) is 0 Å². The van der Waals surface area contributed by atoms with E-state index in [0.717, 1.165) is 22.3 Å². The number of aryl methyl sites for hydroxylation is 1. The summed E-state index contributed by atoms with van der Waals surface area (Å²) in [7, 11) is 0. The molecule has 0 aliphatic heterocycles. The molecule has 0 aliphatic rings. The Labute approximate surface area is 127 Å². The van der Waals surface area contributed by atoms with E-state index in [4.69, 9.17) is 4.74 Å². The van der Waals surface area contributed by atoms with Crippen LogP contribution in [0.5, 0.6) is 11.8 Å². The maximum absolute atomic E-state index is 5.68. The molecule has 0 saturated carbocycles. The van der Waals surface area contributed by atoms with E-state index in [1.807, 2.05) is 37.4 Å². The Morgan fingerprint density at radius 1 is 1.30 bits per heavy atom. The van der Waals surface area contributed by atoms with Gasteiger partial charge in [0.2, 0.25) is 0 Å². The minimum absolute atomic E-state index is 0.364. The molecule has 0 unspecified atom stereocenters. The average Bonchev–Trinajstić information content (AvgIpc) is 2.40. The molecule has 20 heavy (non-hydrogen) atoms. The van der Waals surface area contributed by atoms with Gasteiger partial charge in [-0.25, -0.2) is 4.98 Å². The Kier molecular flexibility index (Phi) is 5.09. The van der Waals surface area contributed by atoms with Crippen LogP contribution in [-0.4, -0.2) is 16.0 Å². The highest BCUT2D eigenvalue weighted by Gasteiger charge is 2.07. The number of nitrogens with one attached hydrogen (secondary N) is 1. The molecule has 4 nitrogen and oxygen atoms in total. The number of halogens is 1. The lowest BCUT2D eigenvalue weighted by atomic mass is 10.2. The predicted octanol–water partition coefficient (Wildman–Crippen LogP) is 3.84. The summed E-state index contributed by atoms with van der Waals surface area (Å²) in [5, 5.41) is 3.35. The number of para-hydroxylation sites is 1. The third kappa shape index (κ3) is 4.02. The molecule has 0 amide bonds. The smallest absolute Gasteiger partial charge is 0.322 e. The van der Waals surface area contributed by atoms with Crippen LogP contribution in [0.3, 0.4) is 0 Å². The van der Waals surface area contributed by atoms with E-state index in [-0.39, 0.29) is 0 Å². The molecule has 0 aliphatic carbocycles. The number of rotatable bonds is 5. The first-order chi connectivity index (χ1) is 9.56. The van der Waals surface area contributed by atoms with Crippen LogP contribution in [0.4, 0.5) is 0 Å². The second-order valence-electron chi connectivity index (χ2n) is 4.83. The molecule has 0 fully saturated rings. The third-order valence-electron chi connectivity index (χ3n) is 2.80. The zero-order valence-electron chi connectivity index (χ0n) is 11.9. The standard InChI is InChI=1S/C15H18BrN3O/c1-10(2)17-8-12-9-18-15(19-11(12)3)20-14-7-5-4-6-13(14)16/h4-7,9-10,17H,8H2,1-3H3. The van der Waals surface area contributed by atoms with Gasteiger partial charge in [-0.1, -0.05) is 26.0 Å². The van der Waals surface area contributed by atoms with Gasteiger partial charge in [0.1, 0.15) is 5.75 Å². The molecule has 0 radical (unpaired) electrons. The summed E-state index contributed by atoms with van der Waals surface area (Å²) < 4.78 is 6.56. The number of ether oxygens (including phenoxy) is 1. The van der Waals surface area contributed by atoms with Gasteiger partial charge in [-0.3, -0.25) is 0 Å². The molecular weight excluding hydrogens is 318 g/mol. The van der Waals surface area contributed by atoms with Gasteiger partial charge in [-0.05, 0) is 35.0 Å². The molecule has 2 rings (SSSR count). The van der Waals surface area contributed by atoms with Gasteiger partial charge < -0.3 is 10.1 Å². The van der Waals surface area contributed by atoms with E-state index < -0.39 is 0 Å². The Morgan fingerprint density at radius 3 is 2.70 bits per heavy atom. The molecule has 0 bridgehead atoms. The summed E-state index contributed by atoms with van der Waals surface area (Å²) in [6, 6.07) is 8.44. The lowest BCUT2D eigenvalue weighted by Crippen LogP contribution is -2.22. The summed E-state index contributed by atoms with van der Waals surface area (Å²) in [4.78, 5) is 8.65. The van der Waals surface area contributed by atoms with Crippen LogP contribution in [0.1, 0.15) is 25.1 Å². The number of hydrogen-bond acceptors (Lipinski definition) is 4. The highest BCUT2D eigenvalue weighted by Crippen LogP contribution is 2.27. The summed E-state index contributed by atoms with van der Waals surface area (Å²) in [6.07, 6.45) is 1.81. The van der Waals surface area contributed by atoms with Gasteiger partial charge in [0.15, 0.2) is 0 Å². The molecule has 106 valence electrons. The Hall–Kier alpha value is -1.46. The first kappa shape index (κ1) is 14.9. The molecule has 1 N–H and O–H groups in total. The Morgan fingerprint density at radius 2 is 2.05 bits per heavy atom. The molecule has 1 aromatic heterocycles.